The van der Waals surface area contributed by atoms with Crippen LogP contribution in [0.1, 0.15) is 49.0 Å². The lowest BCUT2D eigenvalue weighted by Gasteiger charge is -2.13. The van der Waals surface area contributed by atoms with Crippen LogP contribution in [0.4, 0.5) is 5.13 Å². The van der Waals surface area contributed by atoms with Crippen LogP contribution in [0.3, 0.4) is 0 Å². The van der Waals surface area contributed by atoms with E-state index >= 15 is 0 Å². The standard InChI is InChI=1S/C13H20N2OS/c1-8(2)12-11(7-16)17-13(14-12)15-5-9(3)10(4)6-15/h7-10H,5-6H2,1-4H3. The Kier molecular flexibility index (Phi) is 3.52. The largest absolute Gasteiger partial charge is 0.348 e. The van der Waals surface area contributed by atoms with E-state index in [2.05, 4.69) is 37.6 Å². The van der Waals surface area contributed by atoms with Crippen molar-refractivity contribution in [3.8, 4) is 0 Å². The molecule has 0 amide bonds. The van der Waals surface area contributed by atoms with Crippen LogP contribution in [0, 0.1) is 11.8 Å². The number of nitrogens with zero attached hydrogens (tertiary/aromatic N) is 2. The van der Waals surface area contributed by atoms with E-state index in [1.54, 1.807) is 0 Å². The number of anilines is 1. The van der Waals surface area contributed by atoms with Gasteiger partial charge in [0, 0.05) is 13.1 Å². The Morgan fingerprint density at radius 1 is 1.35 bits per heavy atom. The molecule has 2 unspecified atom stereocenters. The molecular formula is C13H20N2OS. The molecule has 0 saturated carbocycles. The molecule has 2 heterocycles. The first-order valence-corrected chi connectivity index (χ1v) is 7.05. The minimum Gasteiger partial charge on any atom is -0.348 e. The molecule has 0 N–H and O–H groups in total. The summed E-state index contributed by atoms with van der Waals surface area (Å²) < 4.78 is 0. The van der Waals surface area contributed by atoms with Gasteiger partial charge in [0.2, 0.25) is 0 Å². The summed E-state index contributed by atoms with van der Waals surface area (Å²) in [7, 11) is 0. The summed E-state index contributed by atoms with van der Waals surface area (Å²) in [5, 5.41) is 1.02. The highest BCUT2D eigenvalue weighted by molar-refractivity contribution is 7.17. The Hall–Kier alpha value is -0.900. The van der Waals surface area contributed by atoms with Crippen LogP contribution in [0.2, 0.25) is 0 Å². The first-order valence-electron chi connectivity index (χ1n) is 6.23. The van der Waals surface area contributed by atoms with E-state index in [0.717, 1.165) is 35.1 Å². The Labute approximate surface area is 107 Å². The van der Waals surface area contributed by atoms with E-state index in [9.17, 15) is 4.79 Å². The van der Waals surface area contributed by atoms with Gasteiger partial charge in [-0.1, -0.05) is 39.0 Å². The van der Waals surface area contributed by atoms with Crippen LogP contribution < -0.4 is 4.90 Å². The molecule has 2 rings (SSSR count). The van der Waals surface area contributed by atoms with Gasteiger partial charge in [-0.15, -0.1) is 0 Å². The van der Waals surface area contributed by atoms with Gasteiger partial charge in [-0.2, -0.15) is 0 Å². The van der Waals surface area contributed by atoms with Crippen molar-refractivity contribution in [2.24, 2.45) is 11.8 Å². The first kappa shape index (κ1) is 12.6. The molecule has 0 aromatic carbocycles. The van der Waals surface area contributed by atoms with Gasteiger partial charge < -0.3 is 4.90 Å². The third-order valence-corrected chi connectivity index (χ3v) is 4.64. The predicted molar refractivity (Wildman–Crippen MR) is 72.1 cm³/mol. The molecule has 17 heavy (non-hydrogen) atoms. The third kappa shape index (κ3) is 2.37. The van der Waals surface area contributed by atoms with Crippen molar-refractivity contribution in [2.75, 3.05) is 18.0 Å². The number of carbonyl (C=O) groups excluding carboxylic acids is 1. The summed E-state index contributed by atoms with van der Waals surface area (Å²) in [4.78, 5) is 18.8. The summed E-state index contributed by atoms with van der Waals surface area (Å²) in [6.45, 7) is 10.8. The van der Waals surface area contributed by atoms with Crippen LogP contribution in [0.25, 0.3) is 0 Å². The molecule has 0 bridgehead atoms. The monoisotopic (exact) mass is 252 g/mol. The van der Waals surface area contributed by atoms with E-state index in [1.165, 1.54) is 11.3 Å². The number of thiazole rings is 1. The van der Waals surface area contributed by atoms with Crippen molar-refractivity contribution in [1.82, 2.24) is 4.98 Å². The van der Waals surface area contributed by atoms with Gasteiger partial charge >= 0.3 is 0 Å². The smallest absolute Gasteiger partial charge is 0.186 e. The third-order valence-electron chi connectivity index (χ3n) is 3.58. The second-order valence-electron chi connectivity index (χ2n) is 5.38. The number of hydrogen-bond donors (Lipinski definition) is 0. The summed E-state index contributed by atoms with van der Waals surface area (Å²) in [6, 6.07) is 0. The molecule has 0 aliphatic carbocycles. The van der Waals surface area contributed by atoms with Crippen molar-refractivity contribution in [3.05, 3.63) is 10.6 Å². The molecule has 1 aliphatic rings. The van der Waals surface area contributed by atoms with Gasteiger partial charge in [0.25, 0.3) is 0 Å². The SMILES string of the molecule is CC(C)c1nc(N2CC(C)C(C)C2)sc1C=O. The average Bonchev–Trinajstić information content (AvgIpc) is 2.83. The van der Waals surface area contributed by atoms with Crippen LogP contribution in [-0.2, 0) is 0 Å². The molecule has 1 saturated heterocycles. The average molecular weight is 252 g/mol. The quantitative estimate of drug-likeness (QED) is 0.775. The Morgan fingerprint density at radius 3 is 2.35 bits per heavy atom. The highest BCUT2D eigenvalue weighted by atomic mass is 32.1. The molecule has 94 valence electrons. The molecule has 1 aromatic rings. The van der Waals surface area contributed by atoms with E-state index in [-0.39, 0.29) is 0 Å². The lowest BCUT2D eigenvalue weighted by Crippen LogP contribution is -2.19. The van der Waals surface area contributed by atoms with E-state index < -0.39 is 0 Å². The van der Waals surface area contributed by atoms with Crippen molar-refractivity contribution >= 4 is 22.8 Å². The maximum absolute atomic E-state index is 11.0. The number of aromatic nitrogens is 1. The molecule has 1 fully saturated rings. The van der Waals surface area contributed by atoms with Gasteiger partial charge in [0.15, 0.2) is 11.4 Å². The highest BCUT2D eigenvalue weighted by Crippen LogP contribution is 2.34. The summed E-state index contributed by atoms with van der Waals surface area (Å²) in [5.74, 6) is 1.74. The predicted octanol–water partition coefficient (Wildman–Crippen LogP) is 3.17. The van der Waals surface area contributed by atoms with E-state index in [1.807, 2.05) is 0 Å². The Morgan fingerprint density at radius 2 is 1.94 bits per heavy atom. The zero-order valence-corrected chi connectivity index (χ0v) is 11.8. The lowest BCUT2D eigenvalue weighted by molar-refractivity contribution is 0.112. The molecule has 1 aromatic heterocycles. The first-order chi connectivity index (χ1) is 8.02. The minimum atomic E-state index is 0.317. The number of rotatable bonds is 3. The fourth-order valence-electron chi connectivity index (χ4n) is 2.25. The summed E-state index contributed by atoms with van der Waals surface area (Å²) in [6.07, 6.45) is 0.944. The van der Waals surface area contributed by atoms with Crippen molar-refractivity contribution in [2.45, 2.75) is 33.6 Å². The second kappa shape index (κ2) is 4.77. The summed E-state index contributed by atoms with van der Waals surface area (Å²) >= 11 is 1.54. The van der Waals surface area contributed by atoms with Crippen molar-refractivity contribution in [1.29, 1.82) is 0 Å². The molecule has 3 nitrogen and oxygen atoms in total. The molecule has 1 aliphatic heterocycles. The van der Waals surface area contributed by atoms with Crippen LogP contribution in [0.5, 0.6) is 0 Å². The number of carbonyl (C=O) groups is 1. The molecule has 4 heteroatoms. The zero-order valence-electron chi connectivity index (χ0n) is 10.9. The van der Waals surface area contributed by atoms with Gasteiger partial charge in [0.05, 0.1) is 10.6 Å². The van der Waals surface area contributed by atoms with E-state index in [4.69, 9.17) is 0 Å². The van der Waals surface area contributed by atoms with Gasteiger partial charge in [0.1, 0.15) is 0 Å². The van der Waals surface area contributed by atoms with Crippen LogP contribution >= 0.6 is 11.3 Å². The molecule has 0 spiro atoms. The molecule has 0 radical (unpaired) electrons. The van der Waals surface area contributed by atoms with Crippen molar-refractivity contribution < 1.29 is 4.79 Å². The summed E-state index contributed by atoms with van der Waals surface area (Å²) in [5.41, 5.74) is 0.951. The molecule has 2 atom stereocenters. The lowest BCUT2D eigenvalue weighted by atomic mass is 10.0. The fourth-order valence-corrected chi connectivity index (χ4v) is 3.30. The Bertz CT molecular complexity index is 404. The highest BCUT2D eigenvalue weighted by Gasteiger charge is 2.28. The van der Waals surface area contributed by atoms with E-state index in [0.29, 0.717) is 17.8 Å². The normalized spacial score (nSPS) is 24.6. The second-order valence-corrected chi connectivity index (χ2v) is 6.39. The van der Waals surface area contributed by atoms with Gasteiger partial charge in [-0.25, -0.2) is 4.98 Å². The van der Waals surface area contributed by atoms with Crippen LogP contribution in [-0.4, -0.2) is 24.4 Å². The van der Waals surface area contributed by atoms with Crippen molar-refractivity contribution in [3.63, 3.8) is 0 Å². The fraction of sp³-hybridized carbons (Fsp3) is 0.692. The van der Waals surface area contributed by atoms with Gasteiger partial charge in [-0.3, -0.25) is 4.79 Å². The maximum atomic E-state index is 11.0. The minimum absolute atomic E-state index is 0.317. The number of hydrogen-bond acceptors (Lipinski definition) is 4. The topological polar surface area (TPSA) is 33.2 Å². The number of aldehydes is 1. The Balaban J connectivity index is 2.25. The zero-order chi connectivity index (χ0) is 12.6. The molecular weight excluding hydrogens is 232 g/mol. The maximum Gasteiger partial charge on any atom is 0.186 e. The van der Waals surface area contributed by atoms with Gasteiger partial charge in [-0.05, 0) is 17.8 Å². The van der Waals surface area contributed by atoms with Crippen LogP contribution in [0.15, 0.2) is 0 Å².